The lowest BCUT2D eigenvalue weighted by atomic mass is 9.98. The highest BCUT2D eigenvalue weighted by Gasteiger charge is 2.35. The highest BCUT2D eigenvalue weighted by atomic mass is 16.3. The van der Waals surface area contributed by atoms with Gasteiger partial charge in [0.15, 0.2) is 5.82 Å². The van der Waals surface area contributed by atoms with Crippen molar-refractivity contribution < 1.29 is 5.11 Å². The Morgan fingerprint density at radius 3 is 2.57 bits per heavy atom. The molecule has 1 unspecified atom stereocenters. The molecule has 2 aliphatic heterocycles. The van der Waals surface area contributed by atoms with Crippen LogP contribution in [0.1, 0.15) is 25.7 Å². The predicted octanol–water partition coefficient (Wildman–Crippen LogP) is 2.15. The minimum Gasteiger partial charge on any atom is -0.507 e. The maximum Gasteiger partial charge on any atom is 0.151 e. The van der Waals surface area contributed by atoms with E-state index in [2.05, 4.69) is 37.5 Å². The molecule has 3 aromatic rings. The Morgan fingerprint density at radius 2 is 1.93 bits per heavy atom. The quantitative estimate of drug-likeness (QED) is 0.720. The molecule has 0 aliphatic carbocycles. The van der Waals surface area contributed by atoms with Gasteiger partial charge in [0.25, 0.3) is 0 Å². The lowest BCUT2D eigenvalue weighted by Crippen LogP contribution is -2.47. The van der Waals surface area contributed by atoms with Crippen molar-refractivity contribution in [1.82, 2.24) is 30.3 Å². The fraction of sp³-hybridized carbons (Fsp3) is 0.400. The monoisotopic (exact) mass is 377 g/mol. The van der Waals surface area contributed by atoms with Gasteiger partial charge in [-0.15, -0.1) is 10.2 Å². The molecule has 0 radical (unpaired) electrons. The van der Waals surface area contributed by atoms with E-state index in [1.54, 1.807) is 17.1 Å². The lowest BCUT2D eigenvalue weighted by Gasteiger charge is -2.36. The molecule has 2 N–H and O–H groups in total. The van der Waals surface area contributed by atoms with Crippen molar-refractivity contribution in [3.8, 4) is 22.7 Å². The van der Waals surface area contributed by atoms with E-state index < -0.39 is 0 Å². The van der Waals surface area contributed by atoms with E-state index in [0.29, 0.717) is 29.4 Å². The average molecular weight is 377 g/mol. The van der Waals surface area contributed by atoms with Crippen LogP contribution in [0.25, 0.3) is 16.9 Å². The second kappa shape index (κ2) is 6.87. The van der Waals surface area contributed by atoms with E-state index in [0.717, 1.165) is 24.3 Å². The molecule has 0 amide bonds. The molecule has 1 aromatic carbocycles. The fourth-order valence-electron chi connectivity index (χ4n) is 4.41. The van der Waals surface area contributed by atoms with Crippen molar-refractivity contribution in [3.05, 3.63) is 43.0 Å². The van der Waals surface area contributed by atoms with Crippen LogP contribution in [0.2, 0.25) is 0 Å². The van der Waals surface area contributed by atoms with Crippen LogP contribution in [-0.4, -0.2) is 55.2 Å². The zero-order chi connectivity index (χ0) is 19.1. The number of aromatic hydroxyl groups is 1. The maximum atomic E-state index is 10.4. The third-order valence-electron chi connectivity index (χ3n) is 5.95. The van der Waals surface area contributed by atoms with Crippen molar-refractivity contribution >= 4 is 5.82 Å². The maximum absolute atomic E-state index is 10.4. The third kappa shape index (κ3) is 3.09. The van der Waals surface area contributed by atoms with Gasteiger partial charge in [0.2, 0.25) is 0 Å². The van der Waals surface area contributed by atoms with E-state index in [-0.39, 0.29) is 5.75 Å². The van der Waals surface area contributed by atoms with Gasteiger partial charge in [-0.3, -0.25) is 0 Å². The molecule has 28 heavy (non-hydrogen) atoms. The normalized spacial score (nSPS) is 23.7. The molecule has 2 aromatic heterocycles. The zero-order valence-corrected chi connectivity index (χ0v) is 15.7. The molecule has 8 heteroatoms. The minimum absolute atomic E-state index is 0.137. The Labute approximate surface area is 163 Å². The van der Waals surface area contributed by atoms with E-state index in [9.17, 15) is 5.11 Å². The van der Waals surface area contributed by atoms with Crippen LogP contribution in [0.3, 0.4) is 0 Å². The Hall–Kier alpha value is -3.00. The largest absolute Gasteiger partial charge is 0.507 e. The summed E-state index contributed by atoms with van der Waals surface area (Å²) < 4.78 is 1.60. The molecule has 2 aliphatic rings. The summed E-state index contributed by atoms with van der Waals surface area (Å²) in [5.41, 5.74) is 2.03. The SMILES string of the molecule is CN(c1ccc(-c2ccc(-n3cncn3)cc2O)nn1)C1C[C@H]2CC[C@@H](C1)N2. The fourth-order valence-corrected chi connectivity index (χ4v) is 4.41. The second-order valence-electron chi connectivity index (χ2n) is 7.69. The molecule has 2 saturated heterocycles. The number of anilines is 1. The van der Waals surface area contributed by atoms with Gasteiger partial charge < -0.3 is 15.3 Å². The first-order chi connectivity index (χ1) is 13.7. The number of aromatic nitrogens is 5. The van der Waals surface area contributed by atoms with Crippen LogP contribution in [0.5, 0.6) is 5.75 Å². The van der Waals surface area contributed by atoms with Crippen LogP contribution in [0, 0.1) is 0 Å². The molecule has 144 valence electrons. The van der Waals surface area contributed by atoms with Crippen molar-refractivity contribution in [1.29, 1.82) is 0 Å². The Morgan fingerprint density at radius 1 is 1.11 bits per heavy atom. The minimum atomic E-state index is 0.137. The van der Waals surface area contributed by atoms with Gasteiger partial charge >= 0.3 is 0 Å². The second-order valence-corrected chi connectivity index (χ2v) is 7.69. The van der Waals surface area contributed by atoms with E-state index >= 15 is 0 Å². The summed E-state index contributed by atoms with van der Waals surface area (Å²) in [6, 6.07) is 11.0. The van der Waals surface area contributed by atoms with Crippen molar-refractivity contribution in [2.75, 3.05) is 11.9 Å². The first-order valence-electron chi connectivity index (χ1n) is 9.68. The molecule has 0 saturated carbocycles. The molecule has 4 heterocycles. The number of hydrogen-bond acceptors (Lipinski definition) is 7. The van der Waals surface area contributed by atoms with Crippen molar-refractivity contribution in [3.63, 3.8) is 0 Å². The Kier molecular flexibility index (Phi) is 4.20. The summed E-state index contributed by atoms with van der Waals surface area (Å²) in [6.07, 6.45) is 7.92. The standard InChI is InChI=1S/C20H23N7O/c1-26(16-8-13-2-3-14(9-16)23-13)20-7-6-18(24-25-20)17-5-4-15(10-19(17)28)27-12-21-11-22-27/h4-7,10-14,16,23,28H,2-3,8-9H2,1H3/t13-,14+,16?. The number of nitrogens with zero attached hydrogens (tertiary/aromatic N) is 6. The molecule has 2 fully saturated rings. The van der Waals surface area contributed by atoms with Crippen LogP contribution in [-0.2, 0) is 0 Å². The summed E-state index contributed by atoms with van der Waals surface area (Å²) in [5, 5.41) is 27.0. The smallest absolute Gasteiger partial charge is 0.151 e. The number of piperidine rings is 1. The number of fused-ring (bicyclic) bond motifs is 2. The molecule has 0 spiro atoms. The molecule has 3 atom stereocenters. The number of phenolic OH excluding ortho intramolecular Hbond substituents is 1. The van der Waals surface area contributed by atoms with Gasteiger partial charge in [0, 0.05) is 36.8 Å². The molecule has 2 bridgehead atoms. The zero-order valence-electron chi connectivity index (χ0n) is 15.7. The van der Waals surface area contributed by atoms with Gasteiger partial charge in [0.1, 0.15) is 18.4 Å². The Balaban J connectivity index is 1.35. The average Bonchev–Trinajstić information content (AvgIpc) is 3.37. The van der Waals surface area contributed by atoms with Crippen LogP contribution in [0.4, 0.5) is 5.82 Å². The Bertz CT molecular complexity index is 945. The third-order valence-corrected chi connectivity index (χ3v) is 5.95. The molecular formula is C20H23N7O. The van der Waals surface area contributed by atoms with E-state index in [4.69, 9.17) is 0 Å². The van der Waals surface area contributed by atoms with Gasteiger partial charge in [0.05, 0.1) is 11.4 Å². The van der Waals surface area contributed by atoms with Gasteiger partial charge in [-0.05, 0) is 49.9 Å². The highest BCUT2D eigenvalue weighted by molar-refractivity contribution is 5.68. The molecular weight excluding hydrogens is 354 g/mol. The summed E-state index contributed by atoms with van der Waals surface area (Å²) in [6.45, 7) is 0. The summed E-state index contributed by atoms with van der Waals surface area (Å²) in [7, 11) is 2.10. The molecule has 8 nitrogen and oxygen atoms in total. The lowest BCUT2D eigenvalue weighted by molar-refractivity contribution is 0.353. The highest BCUT2D eigenvalue weighted by Crippen LogP contribution is 2.32. The van der Waals surface area contributed by atoms with Gasteiger partial charge in [-0.1, -0.05) is 0 Å². The summed E-state index contributed by atoms with van der Waals surface area (Å²) in [5.74, 6) is 1.01. The van der Waals surface area contributed by atoms with Crippen molar-refractivity contribution in [2.45, 2.75) is 43.8 Å². The first-order valence-corrected chi connectivity index (χ1v) is 9.68. The number of nitrogens with one attached hydrogen (secondary N) is 1. The van der Waals surface area contributed by atoms with Crippen LogP contribution >= 0.6 is 0 Å². The number of phenols is 1. The van der Waals surface area contributed by atoms with Crippen LogP contribution in [0.15, 0.2) is 43.0 Å². The number of rotatable bonds is 4. The predicted molar refractivity (Wildman–Crippen MR) is 105 cm³/mol. The summed E-state index contributed by atoms with van der Waals surface area (Å²) >= 11 is 0. The van der Waals surface area contributed by atoms with E-state index in [1.807, 2.05) is 24.3 Å². The first kappa shape index (κ1) is 17.1. The number of hydrogen-bond donors (Lipinski definition) is 2. The molecule has 5 rings (SSSR count). The van der Waals surface area contributed by atoms with Crippen LogP contribution < -0.4 is 10.2 Å². The van der Waals surface area contributed by atoms with Gasteiger partial charge in [-0.2, -0.15) is 5.10 Å². The van der Waals surface area contributed by atoms with Crippen molar-refractivity contribution in [2.24, 2.45) is 0 Å². The topological polar surface area (TPSA) is 92.0 Å². The number of benzene rings is 1. The van der Waals surface area contributed by atoms with Gasteiger partial charge in [-0.25, -0.2) is 9.67 Å². The van der Waals surface area contributed by atoms with E-state index in [1.165, 1.54) is 19.2 Å². The summed E-state index contributed by atoms with van der Waals surface area (Å²) in [4.78, 5) is 6.17.